The molecule has 1 aliphatic rings. The van der Waals surface area contributed by atoms with Crippen LogP contribution in [0.4, 0.5) is 4.39 Å². The molecule has 0 spiro atoms. The van der Waals surface area contributed by atoms with Crippen LogP contribution in [0.5, 0.6) is 0 Å². The van der Waals surface area contributed by atoms with Gasteiger partial charge in [0, 0.05) is 28.0 Å². The summed E-state index contributed by atoms with van der Waals surface area (Å²) < 4.78 is 14.0. The minimum absolute atomic E-state index is 0. The van der Waals surface area contributed by atoms with Crippen molar-refractivity contribution in [3.63, 3.8) is 0 Å². The third kappa shape index (κ3) is 8.55. The zero-order valence-electron chi connectivity index (χ0n) is 15.7. The Morgan fingerprint density at radius 1 is 0.906 bits per heavy atom. The Balaban J connectivity index is 0.000000260. The van der Waals surface area contributed by atoms with Crippen LogP contribution in [0.15, 0.2) is 64.9 Å². The lowest BCUT2D eigenvalue weighted by Crippen LogP contribution is -1.99. The van der Waals surface area contributed by atoms with Crippen LogP contribution in [0.1, 0.15) is 28.1 Å². The minimum Gasteiger partial charge on any atom is -0.298 e. The van der Waals surface area contributed by atoms with Crippen molar-refractivity contribution in [2.24, 2.45) is 4.99 Å². The first-order valence-electron chi connectivity index (χ1n) is 8.55. The van der Waals surface area contributed by atoms with Crippen molar-refractivity contribution in [1.82, 2.24) is 9.78 Å². The maximum Gasteiger partial charge on any atom is 0.152 e. The zero-order valence-corrected chi connectivity index (χ0v) is 18.7. The second-order valence-electron chi connectivity index (χ2n) is 5.79. The topological polar surface area (TPSA) is 64.3 Å². The highest BCUT2D eigenvalue weighted by molar-refractivity contribution is 6.39. The quantitative estimate of drug-likeness (QED) is 0.348. The molecule has 0 atom stereocenters. The van der Waals surface area contributed by atoms with Gasteiger partial charge in [0.2, 0.25) is 0 Å². The summed E-state index contributed by atoms with van der Waals surface area (Å²) in [5.74, 6) is -0.581. The fourth-order valence-corrected chi connectivity index (χ4v) is 2.78. The Morgan fingerprint density at radius 2 is 1.53 bits per heavy atom. The van der Waals surface area contributed by atoms with E-state index < -0.39 is 5.82 Å². The van der Waals surface area contributed by atoms with Gasteiger partial charge in [0.05, 0.1) is 34.0 Å². The highest BCUT2D eigenvalue weighted by atomic mass is 35.5. The van der Waals surface area contributed by atoms with Crippen LogP contribution in [0.2, 0.25) is 15.1 Å². The number of nitrogens with zero attached hydrogens (tertiary/aromatic N) is 3. The Kier molecular flexibility index (Phi) is 11.9. The third-order valence-electron chi connectivity index (χ3n) is 3.61. The number of carbonyl (C=O) groups excluding carboxylic acids is 2. The summed E-state index contributed by atoms with van der Waals surface area (Å²) in [7, 11) is 0. The number of halogens is 5. The summed E-state index contributed by atoms with van der Waals surface area (Å²) in [6.07, 6.45) is 7.83. The van der Waals surface area contributed by atoms with E-state index in [4.69, 9.17) is 46.4 Å². The molecule has 0 saturated heterocycles. The van der Waals surface area contributed by atoms with Gasteiger partial charge < -0.3 is 0 Å². The van der Waals surface area contributed by atoms with Gasteiger partial charge in [-0.05, 0) is 42.5 Å². The summed E-state index contributed by atoms with van der Waals surface area (Å²) in [6, 6.07) is 8.86. The summed E-state index contributed by atoms with van der Waals surface area (Å²) in [5, 5.41) is 6.11. The number of aromatic nitrogens is 2. The first kappa shape index (κ1) is 27.5. The van der Waals surface area contributed by atoms with Gasteiger partial charge in [0.25, 0.3) is 0 Å². The molecule has 5 nitrogen and oxygen atoms in total. The van der Waals surface area contributed by atoms with Crippen molar-refractivity contribution in [3.8, 4) is 5.69 Å². The molecule has 0 aliphatic carbocycles. The Morgan fingerprint density at radius 3 is 1.97 bits per heavy atom. The first-order valence-corrected chi connectivity index (χ1v) is 10.1. The molecule has 1 aliphatic heterocycles. The van der Waals surface area contributed by atoms with Gasteiger partial charge in [-0.1, -0.05) is 53.8 Å². The molecule has 168 valence electrons. The van der Waals surface area contributed by atoms with Crippen molar-refractivity contribution in [2.75, 3.05) is 6.54 Å². The lowest BCUT2D eigenvalue weighted by atomic mass is 10.2. The predicted molar refractivity (Wildman–Crippen MR) is 130 cm³/mol. The maximum atomic E-state index is 12.5. The average Bonchev–Trinajstić information content (AvgIpc) is 3.40. The third-order valence-corrected chi connectivity index (χ3v) is 4.53. The van der Waals surface area contributed by atoms with Crippen LogP contribution < -0.4 is 0 Å². The monoisotopic (exact) mass is 515 g/mol. The van der Waals surface area contributed by atoms with Crippen molar-refractivity contribution < 1.29 is 14.0 Å². The fourth-order valence-electron chi connectivity index (χ4n) is 2.18. The van der Waals surface area contributed by atoms with E-state index in [1.54, 1.807) is 30.6 Å². The molecule has 0 bridgehead atoms. The molecule has 0 radical (unpaired) electrons. The molecule has 32 heavy (non-hydrogen) atoms. The van der Waals surface area contributed by atoms with E-state index >= 15 is 0 Å². The highest BCUT2D eigenvalue weighted by Gasteiger charge is 2.06. The fraction of sp³-hybridized carbons (Fsp3) is 0.0909. The zero-order chi connectivity index (χ0) is 22.8. The Hall–Kier alpha value is -2.51. The lowest BCUT2D eigenvalue weighted by Gasteiger charge is -2.04. The number of rotatable bonds is 3. The summed E-state index contributed by atoms with van der Waals surface area (Å²) in [5.41, 5.74) is 1.16. The molecular formula is C22H18Cl4FN3O2. The van der Waals surface area contributed by atoms with Crippen LogP contribution in [-0.4, -0.2) is 35.1 Å². The number of aldehydes is 2. The predicted octanol–water partition coefficient (Wildman–Crippen LogP) is 7.11. The van der Waals surface area contributed by atoms with Crippen molar-refractivity contribution in [1.29, 1.82) is 0 Å². The van der Waals surface area contributed by atoms with E-state index in [9.17, 15) is 14.0 Å². The number of hydrogen-bond acceptors (Lipinski definition) is 4. The van der Waals surface area contributed by atoms with Gasteiger partial charge >= 0.3 is 0 Å². The van der Waals surface area contributed by atoms with Gasteiger partial charge in [0.1, 0.15) is 5.82 Å². The van der Waals surface area contributed by atoms with Crippen molar-refractivity contribution in [2.45, 2.75) is 7.43 Å². The molecule has 1 aromatic heterocycles. The van der Waals surface area contributed by atoms with E-state index in [1.165, 1.54) is 23.0 Å². The maximum absolute atomic E-state index is 12.5. The molecule has 2 heterocycles. The molecule has 0 N–H and O–H groups in total. The SMILES string of the molecule is C.ClC1=CCN=C1.O=Cc1ccc(Cl)cc1-n1cc(Cl)cn1.O=Cc1ccc(Cl)cc1F. The van der Waals surface area contributed by atoms with E-state index in [2.05, 4.69) is 10.1 Å². The summed E-state index contributed by atoms with van der Waals surface area (Å²) in [4.78, 5) is 24.7. The number of allylic oxidation sites excluding steroid dienone is 1. The van der Waals surface area contributed by atoms with Gasteiger partial charge in [0.15, 0.2) is 12.6 Å². The summed E-state index contributed by atoms with van der Waals surface area (Å²) in [6.45, 7) is 0.763. The molecule has 10 heteroatoms. The smallest absolute Gasteiger partial charge is 0.152 e. The molecule has 0 fully saturated rings. The van der Waals surface area contributed by atoms with E-state index in [0.717, 1.165) is 23.9 Å². The van der Waals surface area contributed by atoms with Crippen molar-refractivity contribution >= 4 is 65.2 Å². The molecule has 3 aromatic rings. The molecule has 0 unspecified atom stereocenters. The van der Waals surface area contributed by atoms with Crippen LogP contribution in [0.3, 0.4) is 0 Å². The van der Waals surface area contributed by atoms with Gasteiger partial charge in [-0.2, -0.15) is 5.10 Å². The number of benzene rings is 2. The second kappa shape index (κ2) is 13.8. The van der Waals surface area contributed by atoms with Gasteiger partial charge in [-0.3, -0.25) is 14.6 Å². The van der Waals surface area contributed by atoms with Crippen LogP contribution in [0.25, 0.3) is 5.69 Å². The van der Waals surface area contributed by atoms with Crippen LogP contribution in [-0.2, 0) is 0 Å². The highest BCUT2D eigenvalue weighted by Crippen LogP contribution is 2.19. The summed E-state index contributed by atoms with van der Waals surface area (Å²) >= 11 is 22.4. The normalized spacial score (nSPS) is 11.2. The molecular weight excluding hydrogens is 499 g/mol. The van der Waals surface area contributed by atoms with Crippen LogP contribution >= 0.6 is 46.4 Å². The molecule has 4 rings (SSSR count). The molecule has 0 amide bonds. The largest absolute Gasteiger partial charge is 0.298 e. The number of carbonyl (C=O) groups is 2. The first-order chi connectivity index (χ1) is 14.8. The van der Waals surface area contributed by atoms with E-state index in [-0.39, 0.29) is 13.0 Å². The molecule has 0 saturated carbocycles. The number of hydrogen-bond donors (Lipinski definition) is 0. The van der Waals surface area contributed by atoms with Crippen molar-refractivity contribution in [3.05, 3.63) is 91.9 Å². The second-order valence-corrected chi connectivity index (χ2v) is 7.54. The number of aliphatic imine (C=N–C) groups is 1. The van der Waals surface area contributed by atoms with Crippen LogP contribution in [0, 0.1) is 5.82 Å². The Labute approximate surface area is 205 Å². The lowest BCUT2D eigenvalue weighted by molar-refractivity contribution is 0.111. The average molecular weight is 517 g/mol. The van der Waals surface area contributed by atoms with Gasteiger partial charge in [-0.15, -0.1) is 0 Å². The van der Waals surface area contributed by atoms with Gasteiger partial charge in [-0.25, -0.2) is 9.07 Å². The Bertz CT molecular complexity index is 1130. The molecule has 2 aromatic carbocycles. The minimum atomic E-state index is -0.581. The van der Waals surface area contributed by atoms with E-state index in [1.807, 2.05) is 6.08 Å². The standard InChI is InChI=1S/C10H6Cl2N2O.C7H4ClFO.C4H4ClN.CH4/c11-8-2-1-7(6-15)10(3-8)14-5-9(12)4-13-14;8-6-2-1-5(4-10)7(9)3-6;5-4-1-2-6-3-4;/h1-6H;1-4H;1,3H,2H2;1H4. The van der Waals surface area contributed by atoms with E-state index in [0.29, 0.717) is 32.6 Å².